The third kappa shape index (κ3) is 7.10. The lowest BCUT2D eigenvalue weighted by atomic mass is 9.90. The van der Waals surface area contributed by atoms with Gasteiger partial charge in [0.2, 0.25) is 0 Å². The quantitative estimate of drug-likeness (QED) is 0.598. The molecule has 2 aromatic rings. The zero-order chi connectivity index (χ0) is 20.2. The molecule has 28 heavy (non-hydrogen) atoms. The number of hydrogen-bond acceptors (Lipinski definition) is 4. The van der Waals surface area contributed by atoms with Gasteiger partial charge in [-0.1, -0.05) is 51.0 Å². The molecule has 0 amide bonds. The largest absolute Gasteiger partial charge is 0.354 e. The van der Waals surface area contributed by atoms with E-state index < -0.39 is 0 Å². The number of rotatable bonds is 7. The van der Waals surface area contributed by atoms with E-state index in [1.807, 2.05) is 12.1 Å². The molecule has 0 bridgehead atoms. The molecule has 0 spiro atoms. The van der Waals surface area contributed by atoms with E-state index in [1.165, 1.54) is 0 Å². The van der Waals surface area contributed by atoms with Crippen LogP contribution in [0.1, 0.15) is 51.0 Å². The number of nitrogens with one attached hydrogen (secondary N) is 1. The third-order valence-corrected chi connectivity index (χ3v) is 5.62. The van der Waals surface area contributed by atoms with Crippen molar-refractivity contribution in [3.8, 4) is 0 Å². The molecular weight excluding hydrogens is 369 g/mol. The highest BCUT2D eigenvalue weighted by molar-refractivity contribution is 7.98. The van der Waals surface area contributed by atoms with E-state index in [-0.39, 0.29) is 5.82 Å². The van der Waals surface area contributed by atoms with Crippen LogP contribution in [0, 0.1) is 5.82 Å². The number of thioether (sulfide) groups is 1. The number of pyridine rings is 1. The van der Waals surface area contributed by atoms with Gasteiger partial charge >= 0.3 is 0 Å². The topological polar surface area (TPSA) is 28.2 Å². The Kier molecular flexibility index (Phi) is 10.4. The minimum absolute atomic E-state index is 0.0422. The predicted molar refractivity (Wildman–Crippen MR) is 120 cm³/mol. The molecule has 0 saturated carbocycles. The van der Waals surface area contributed by atoms with Crippen molar-refractivity contribution in [1.29, 1.82) is 0 Å². The second kappa shape index (κ2) is 12.8. The Labute approximate surface area is 174 Å². The van der Waals surface area contributed by atoms with Crippen LogP contribution in [-0.4, -0.2) is 37.4 Å². The van der Waals surface area contributed by atoms with E-state index in [0.717, 1.165) is 68.3 Å². The maximum absolute atomic E-state index is 13.5. The van der Waals surface area contributed by atoms with Crippen LogP contribution in [0.4, 0.5) is 10.2 Å². The molecule has 154 valence electrons. The molecule has 1 aliphatic rings. The van der Waals surface area contributed by atoms with Crippen molar-refractivity contribution >= 4 is 17.6 Å². The summed E-state index contributed by atoms with van der Waals surface area (Å²) in [6, 6.07) is 13.4. The molecule has 0 aliphatic carbocycles. The Morgan fingerprint density at radius 1 is 1.04 bits per heavy atom. The zero-order valence-electron chi connectivity index (χ0n) is 17.5. The molecule has 1 aromatic heterocycles. The molecule has 3 rings (SSSR count). The second-order valence-corrected chi connectivity index (χ2v) is 7.90. The van der Waals surface area contributed by atoms with E-state index in [0.29, 0.717) is 5.92 Å². The first-order chi connectivity index (χ1) is 13.7. The Hall–Kier alpha value is -1.59. The first kappa shape index (κ1) is 22.7. The van der Waals surface area contributed by atoms with Gasteiger partial charge in [0.15, 0.2) is 0 Å². The van der Waals surface area contributed by atoms with E-state index in [9.17, 15) is 4.39 Å². The molecule has 1 fully saturated rings. The van der Waals surface area contributed by atoms with Crippen molar-refractivity contribution < 1.29 is 4.39 Å². The van der Waals surface area contributed by atoms with Crippen molar-refractivity contribution in [2.24, 2.45) is 0 Å². The summed E-state index contributed by atoms with van der Waals surface area (Å²) in [5.41, 5.74) is 0.899. The minimum atomic E-state index is -0.0422. The summed E-state index contributed by atoms with van der Waals surface area (Å²) in [5.74, 6) is 1.48. The number of anilines is 1. The molecule has 3 nitrogen and oxygen atoms in total. The number of benzene rings is 1. The average Bonchev–Trinajstić information content (AvgIpc) is 2.75. The van der Waals surface area contributed by atoms with Crippen LogP contribution in [-0.2, 0) is 0 Å². The van der Waals surface area contributed by atoms with Crippen LogP contribution < -0.4 is 10.2 Å². The van der Waals surface area contributed by atoms with Gasteiger partial charge in [-0.25, -0.2) is 9.37 Å². The molecule has 2 heterocycles. The van der Waals surface area contributed by atoms with Crippen LogP contribution in [0.25, 0.3) is 0 Å². The summed E-state index contributed by atoms with van der Waals surface area (Å²) in [4.78, 5) is 6.91. The highest BCUT2D eigenvalue weighted by Gasteiger charge is 2.13. The SMILES string of the molecule is CCCC(CCC)c1ccccc1F.CSc1cccc(N2CCNCC2)n1. The Balaban J connectivity index is 0.000000200. The van der Waals surface area contributed by atoms with Crippen LogP contribution >= 0.6 is 11.8 Å². The molecule has 1 saturated heterocycles. The number of nitrogens with zero attached hydrogens (tertiary/aromatic N) is 2. The van der Waals surface area contributed by atoms with Crippen molar-refractivity contribution in [1.82, 2.24) is 10.3 Å². The standard InChI is InChI=1S/C13H19F.C10H15N3S/c1-3-7-11(8-4-2)12-9-5-6-10-13(12)14;1-14-10-4-2-3-9(12-10)13-7-5-11-6-8-13/h5-6,9-11H,3-4,7-8H2,1-2H3;2-4,11H,5-8H2,1H3. The van der Waals surface area contributed by atoms with Gasteiger partial charge in [0.05, 0.1) is 5.03 Å². The van der Waals surface area contributed by atoms with Gasteiger partial charge in [0, 0.05) is 26.2 Å². The van der Waals surface area contributed by atoms with E-state index >= 15 is 0 Å². The third-order valence-electron chi connectivity index (χ3n) is 4.98. The highest BCUT2D eigenvalue weighted by atomic mass is 32.2. The Bertz CT molecular complexity index is 683. The molecule has 5 heteroatoms. The lowest BCUT2D eigenvalue weighted by Crippen LogP contribution is -2.43. The summed E-state index contributed by atoms with van der Waals surface area (Å²) in [6.07, 6.45) is 6.49. The Morgan fingerprint density at radius 3 is 2.32 bits per heavy atom. The highest BCUT2D eigenvalue weighted by Crippen LogP contribution is 2.28. The van der Waals surface area contributed by atoms with Crippen molar-refractivity contribution in [2.45, 2.75) is 50.5 Å². The van der Waals surface area contributed by atoms with E-state index in [1.54, 1.807) is 23.9 Å². The van der Waals surface area contributed by atoms with Crippen LogP contribution in [0.3, 0.4) is 0 Å². The minimum Gasteiger partial charge on any atom is -0.354 e. The summed E-state index contributed by atoms with van der Waals surface area (Å²) in [5, 5.41) is 4.44. The lowest BCUT2D eigenvalue weighted by Gasteiger charge is -2.28. The van der Waals surface area contributed by atoms with Crippen LogP contribution in [0.2, 0.25) is 0 Å². The molecule has 1 aromatic carbocycles. The summed E-state index contributed by atoms with van der Waals surface area (Å²) in [7, 11) is 0. The summed E-state index contributed by atoms with van der Waals surface area (Å²) >= 11 is 1.69. The van der Waals surface area contributed by atoms with Gasteiger partial charge in [-0.15, -0.1) is 11.8 Å². The van der Waals surface area contributed by atoms with E-state index in [2.05, 4.69) is 53.5 Å². The summed E-state index contributed by atoms with van der Waals surface area (Å²) < 4.78 is 13.5. The molecule has 0 radical (unpaired) electrons. The molecule has 1 N–H and O–H groups in total. The number of hydrogen-bond donors (Lipinski definition) is 1. The zero-order valence-corrected chi connectivity index (χ0v) is 18.3. The van der Waals surface area contributed by atoms with Crippen molar-refractivity contribution in [3.63, 3.8) is 0 Å². The number of piperazine rings is 1. The normalized spacial score (nSPS) is 14.0. The van der Waals surface area contributed by atoms with Gasteiger partial charge in [0.1, 0.15) is 11.6 Å². The maximum atomic E-state index is 13.5. The van der Waals surface area contributed by atoms with Crippen molar-refractivity contribution in [3.05, 3.63) is 53.8 Å². The summed E-state index contributed by atoms with van der Waals surface area (Å²) in [6.45, 7) is 8.55. The smallest absolute Gasteiger partial charge is 0.129 e. The molecule has 0 atom stereocenters. The predicted octanol–water partition coefficient (Wildman–Crippen LogP) is 5.72. The fraction of sp³-hybridized carbons (Fsp3) is 0.522. The first-order valence-electron chi connectivity index (χ1n) is 10.4. The van der Waals surface area contributed by atoms with Crippen molar-refractivity contribution in [2.75, 3.05) is 37.3 Å². The number of halogens is 1. The maximum Gasteiger partial charge on any atom is 0.129 e. The fourth-order valence-electron chi connectivity index (χ4n) is 3.55. The molecular formula is C23H34FN3S. The first-order valence-corrected chi connectivity index (χ1v) is 11.6. The van der Waals surface area contributed by atoms with Gasteiger partial charge in [-0.2, -0.15) is 0 Å². The van der Waals surface area contributed by atoms with Crippen LogP contribution in [0.5, 0.6) is 0 Å². The average molecular weight is 404 g/mol. The molecule has 1 aliphatic heterocycles. The van der Waals surface area contributed by atoms with E-state index in [4.69, 9.17) is 0 Å². The van der Waals surface area contributed by atoms with Gasteiger partial charge in [0.25, 0.3) is 0 Å². The fourth-order valence-corrected chi connectivity index (χ4v) is 3.95. The van der Waals surface area contributed by atoms with Gasteiger partial charge in [-0.05, 0) is 48.8 Å². The van der Waals surface area contributed by atoms with Gasteiger partial charge < -0.3 is 10.2 Å². The van der Waals surface area contributed by atoms with Gasteiger partial charge in [-0.3, -0.25) is 0 Å². The second-order valence-electron chi connectivity index (χ2n) is 7.07. The number of aromatic nitrogens is 1. The van der Waals surface area contributed by atoms with Crippen LogP contribution in [0.15, 0.2) is 47.5 Å². The molecule has 0 unspecified atom stereocenters. The lowest BCUT2D eigenvalue weighted by molar-refractivity contribution is 0.519. The monoisotopic (exact) mass is 403 g/mol. The Morgan fingerprint density at radius 2 is 1.71 bits per heavy atom.